The molecule has 1 N–H and O–H groups in total. The van der Waals surface area contributed by atoms with E-state index in [1.54, 1.807) is 4.90 Å². The Bertz CT molecular complexity index is 1050. The van der Waals surface area contributed by atoms with Crippen molar-refractivity contribution in [3.63, 3.8) is 0 Å². The van der Waals surface area contributed by atoms with Gasteiger partial charge in [0.15, 0.2) is 11.5 Å². The molecule has 0 fully saturated rings. The van der Waals surface area contributed by atoms with Gasteiger partial charge in [0.25, 0.3) is 11.8 Å². The first-order valence-electron chi connectivity index (χ1n) is 10.9. The summed E-state index contributed by atoms with van der Waals surface area (Å²) in [4.78, 5) is 30.4. The molecule has 0 bridgehead atoms. The summed E-state index contributed by atoms with van der Waals surface area (Å²) in [6.45, 7) is 7.73. The van der Waals surface area contributed by atoms with E-state index in [0.29, 0.717) is 30.8 Å². The molecule has 0 spiro atoms. The average molecular weight is 455 g/mol. The maximum Gasteiger partial charge on any atom is 0.257 e. The van der Waals surface area contributed by atoms with Crippen LogP contribution in [0.4, 0.5) is 5.69 Å². The average Bonchev–Trinajstić information content (AvgIpc) is 2.83. The normalized spacial score (nSPS) is 18.1. The van der Waals surface area contributed by atoms with Crippen molar-refractivity contribution in [1.82, 2.24) is 4.90 Å². The quantitative estimate of drug-likeness (QED) is 0.533. The van der Waals surface area contributed by atoms with E-state index in [9.17, 15) is 14.7 Å². The minimum atomic E-state index is -1.29. The van der Waals surface area contributed by atoms with E-state index in [1.165, 1.54) is 24.1 Å². The molecule has 2 aliphatic heterocycles. The minimum absolute atomic E-state index is 0.0291. The van der Waals surface area contributed by atoms with Gasteiger partial charge >= 0.3 is 0 Å². The van der Waals surface area contributed by atoms with Crippen LogP contribution in [0.1, 0.15) is 21.5 Å². The molecule has 8 heteroatoms. The van der Waals surface area contributed by atoms with E-state index < -0.39 is 14.1 Å². The molecule has 32 heavy (non-hydrogen) atoms. The number of nitrogens with zero attached hydrogens (tertiary/aromatic N) is 2. The second kappa shape index (κ2) is 8.59. The maximum atomic E-state index is 13.7. The van der Waals surface area contributed by atoms with E-state index in [0.717, 1.165) is 17.2 Å². The first-order valence-corrected chi connectivity index (χ1v) is 14.6. The fourth-order valence-corrected chi connectivity index (χ4v) is 4.95. The van der Waals surface area contributed by atoms with E-state index in [-0.39, 0.29) is 30.0 Å². The third-order valence-corrected chi connectivity index (χ3v) is 7.80. The molecule has 2 aromatic rings. The zero-order valence-corrected chi connectivity index (χ0v) is 20.1. The highest BCUT2D eigenvalue weighted by atomic mass is 28.3. The van der Waals surface area contributed by atoms with E-state index in [4.69, 9.17) is 9.47 Å². The third-order valence-electron chi connectivity index (χ3n) is 6.10. The van der Waals surface area contributed by atoms with Gasteiger partial charge in [0.05, 0.1) is 18.4 Å². The fourth-order valence-electron chi connectivity index (χ4n) is 4.19. The monoisotopic (exact) mass is 454 g/mol. The largest absolute Gasteiger partial charge is 0.504 e. The summed E-state index contributed by atoms with van der Waals surface area (Å²) >= 11 is 0. The maximum absolute atomic E-state index is 13.7. The highest BCUT2D eigenvalue weighted by Gasteiger charge is 2.42. The van der Waals surface area contributed by atoms with Crippen molar-refractivity contribution in [3.05, 3.63) is 53.1 Å². The number of methoxy groups -OCH3 is 1. The van der Waals surface area contributed by atoms with Gasteiger partial charge in [-0.15, -0.1) is 0 Å². The predicted octanol–water partition coefficient (Wildman–Crippen LogP) is 3.63. The van der Waals surface area contributed by atoms with E-state index in [1.807, 2.05) is 24.3 Å². The van der Waals surface area contributed by atoms with Crippen LogP contribution in [0.25, 0.3) is 0 Å². The van der Waals surface area contributed by atoms with Crippen LogP contribution in [0.5, 0.6) is 11.5 Å². The number of hydrogen-bond donors (Lipinski definition) is 1. The molecule has 2 aliphatic rings. The Morgan fingerprint density at radius 2 is 1.84 bits per heavy atom. The lowest BCUT2D eigenvalue weighted by Gasteiger charge is -2.35. The summed E-state index contributed by atoms with van der Waals surface area (Å²) in [7, 11) is 0.146. The number of fused-ring (bicyclic) bond motifs is 3. The number of benzene rings is 2. The van der Waals surface area contributed by atoms with Gasteiger partial charge in [-0.2, -0.15) is 0 Å². The molecule has 0 unspecified atom stereocenters. The van der Waals surface area contributed by atoms with Gasteiger partial charge in [0, 0.05) is 33.7 Å². The molecule has 2 heterocycles. The number of aromatic hydroxyl groups is 1. The van der Waals surface area contributed by atoms with E-state index in [2.05, 4.69) is 19.6 Å². The number of carbonyl (C=O) groups is 2. The van der Waals surface area contributed by atoms with Crippen LogP contribution in [0.2, 0.25) is 25.7 Å². The molecule has 0 saturated heterocycles. The van der Waals surface area contributed by atoms with Gasteiger partial charge in [0.1, 0.15) is 12.8 Å². The van der Waals surface area contributed by atoms with Gasteiger partial charge < -0.3 is 19.5 Å². The van der Waals surface area contributed by atoms with Crippen LogP contribution in [0.15, 0.2) is 36.4 Å². The van der Waals surface area contributed by atoms with Crippen molar-refractivity contribution in [2.24, 2.45) is 0 Å². The lowest BCUT2D eigenvalue weighted by atomic mass is 9.93. The summed E-state index contributed by atoms with van der Waals surface area (Å²) < 4.78 is 11.1. The molecule has 0 radical (unpaired) electrons. The Morgan fingerprint density at radius 3 is 2.53 bits per heavy atom. The second-order valence-corrected chi connectivity index (χ2v) is 15.2. The molecular weight excluding hydrogens is 424 g/mol. The number of hydrogen-bond acceptors (Lipinski definition) is 5. The molecular formula is C24H30N2O5Si. The van der Waals surface area contributed by atoms with E-state index >= 15 is 0 Å². The highest BCUT2D eigenvalue weighted by Crippen LogP contribution is 2.39. The van der Waals surface area contributed by atoms with Crippen molar-refractivity contribution in [3.8, 4) is 11.5 Å². The van der Waals surface area contributed by atoms with Crippen LogP contribution >= 0.6 is 0 Å². The van der Waals surface area contributed by atoms with Gasteiger partial charge in [-0.25, -0.2) is 0 Å². The number of anilines is 1. The zero-order valence-electron chi connectivity index (χ0n) is 19.1. The van der Waals surface area contributed by atoms with Gasteiger partial charge in [-0.05, 0) is 23.2 Å². The van der Waals surface area contributed by atoms with Crippen molar-refractivity contribution < 1.29 is 24.2 Å². The molecule has 170 valence electrons. The number of phenolic OH excluding ortho intramolecular Hbond substituents is 1. The Kier molecular flexibility index (Phi) is 6.00. The second-order valence-electron chi connectivity index (χ2n) is 9.58. The standard InChI is InChI=1S/C24H30N2O5Si/c1-30-22-12-18-19(13-21(22)27)26(15-31-9-10-32(2,3)4)24(29)20-11-16-7-5-6-8-17(16)14-25(20)23(18)28/h5-8,12-13,20,27H,9-11,14-15H2,1-4H3/t20-/m0/s1. The first kappa shape index (κ1) is 22.4. The number of phenols is 1. The third kappa shape index (κ3) is 4.25. The SMILES string of the molecule is COc1cc2c(cc1O)N(COCC[Si](C)(C)C)C(=O)[C@@H]1Cc3ccccc3CN1C2=O. The molecule has 2 amide bonds. The topological polar surface area (TPSA) is 79.3 Å². The predicted molar refractivity (Wildman–Crippen MR) is 125 cm³/mol. The van der Waals surface area contributed by atoms with Crippen LogP contribution in [-0.2, 0) is 22.5 Å². The van der Waals surface area contributed by atoms with Crippen LogP contribution in [0, 0.1) is 0 Å². The fraction of sp³-hybridized carbons (Fsp3) is 0.417. The summed E-state index contributed by atoms with van der Waals surface area (Å²) in [5.41, 5.74) is 2.78. The molecule has 7 nitrogen and oxygen atoms in total. The summed E-state index contributed by atoms with van der Waals surface area (Å²) in [5.74, 6) is -0.387. The number of carbonyl (C=O) groups excluding carboxylic acids is 2. The Hall–Kier alpha value is -2.84. The smallest absolute Gasteiger partial charge is 0.257 e. The summed E-state index contributed by atoms with van der Waals surface area (Å²) in [6.07, 6.45) is 0.448. The summed E-state index contributed by atoms with van der Waals surface area (Å²) in [6, 6.07) is 11.2. The highest BCUT2D eigenvalue weighted by molar-refractivity contribution is 6.76. The molecule has 4 rings (SSSR count). The van der Waals surface area contributed by atoms with Crippen LogP contribution < -0.4 is 9.64 Å². The van der Waals surface area contributed by atoms with Crippen LogP contribution in [-0.4, -0.2) is 56.4 Å². The van der Waals surface area contributed by atoms with Crippen molar-refractivity contribution >= 4 is 25.6 Å². The molecule has 0 aromatic heterocycles. The molecule has 0 aliphatic carbocycles. The number of amides is 2. The molecule has 1 atom stereocenters. The number of ether oxygens (including phenoxy) is 2. The number of rotatable bonds is 6. The minimum Gasteiger partial charge on any atom is -0.504 e. The Balaban J connectivity index is 1.73. The zero-order chi connectivity index (χ0) is 23.0. The van der Waals surface area contributed by atoms with Crippen LogP contribution in [0.3, 0.4) is 0 Å². The van der Waals surface area contributed by atoms with Gasteiger partial charge in [0.2, 0.25) is 0 Å². The molecule has 2 aromatic carbocycles. The summed E-state index contributed by atoms with van der Waals surface area (Å²) in [5, 5.41) is 10.4. The molecule has 0 saturated carbocycles. The lowest BCUT2D eigenvalue weighted by molar-refractivity contribution is -0.124. The first-order chi connectivity index (χ1) is 15.2. The van der Waals surface area contributed by atoms with Gasteiger partial charge in [-0.3, -0.25) is 14.5 Å². The Morgan fingerprint density at radius 1 is 1.12 bits per heavy atom. The van der Waals surface area contributed by atoms with Crippen molar-refractivity contribution in [1.29, 1.82) is 0 Å². The van der Waals surface area contributed by atoms with Crippen molar-refractivity contribution in [2.45, 2.75) is 44.7 Å². The van der Waals surface area contributed by atoms with Gasteiger partial charge in [-0.1, -0.05) is 43.9 Å². The lowest BCUT2D eigenvalue weighted by Crippen LogP contribution is -2.51. The Labute approximate surface area is 189 Å². The van der Waals surface area contributed by atoms with Crippen molar-refractivity contribution in [2.75, 3.05) is 25.3 Å².